The highest BCUT2D eigenvalue weighted by molar-refractivity contribution is 6.37. The SMILES string of the molecule is CCOc1c2c(c(CC)c3ccccc13)C(=O)N(c1ccccc1)C2=O. The quantitative estimate of drug-likeness (QED) is 0.649. The maximum atomic E-state index is 13.2. The Labute approximate surface area is 152 Å². The average Bonchev–Trinajstić information content (AvgIpc) is 2.93. The molecule has 4 heteroatoms. The molecule has 1 aliphatic heterocycles. The number of imide groups is 1. The second kappa shape index (κ2) is 6.30. The number of anilines is 1. The maximum absolute atomic E-state index is 13.2. The monoisotopic (exact) mass is 345 g/mol. The molecule has 0 saturated heterocycles. The summed E-state index contributed by atoms with van der Waals surface area (Å²) < 4.78 is 5.86. The molecule has 0 aliphatic carbocycles. The summed E-state index contributed by atoms with van der Waals surface area (Å²) in [4.78, 5) is 27.7. The fourth-order valence-electron chi connectivity index (χ4n) is 3.71. The van der Waals surface area contributed by atoms with Gasteiger partial charge in [-0.05, 0) is 36.4 Å². The third-order valence-electron chi connectivity index (χ3n) is 4.77. The Morgan fingerprint density at radius 2 is 1.42 bits per heavy atom. The van der Waals surface area contributed by atoms with E-state index in [-0.39, 0.29) is 11.8 Å². The minimum atomic E-state index is -0.319. The van der Waals surface area contributed by atoms with E-state index in [1.165, 1.54) is 4.90 Å². The molecule has 0 N–H and O–H groups in total. The van der Waals surface area contributed by atoms with E-state index >= 15 is 0 Å². The number of hydrogen-bond acceptors (Lipinski definition) is 3. The van der Waals surface area contributed by atoms with Crippen molar-refractivity contribution in [3.8, 4) is 5.75 Å². The van der Waals surface area contributed by atoms with E-state index in [0.717, 1.165) is 16.3 Å². The van der Waals surface area contributed by atoms with Crippen molar-refractivity contribution in [2.75, 3.05) is 11.5 Å². The molecule has 4 nitrogen and oxygen atoms in total. The number of fused-ring (bicyclic) bond motifs is 2. The number of benzene rings is 3. The molecule has 0 unspecified atom stereocenters. The Hall–Kier alpha value is -3.14. The molecule has 0 bridgehead atoms. The highest BCUT2D eigenvalue weighted by atomic mass is 16.5. The topological polar surface area (TPSA) is 46.6 Å². The predicted octanol–water partition coefficient (Wildman–Crippen LogP) is 4.60. The minimum absolute atomic E-state index is 0.278. The number of hydrogen-bond donors (Lipinski definition) is 0. The Balaban J connectivity index is 2.06. The van der Waals surface area contributed by atoms with Crippen molar-refractivity contribution in [3.63, 3.8) is 0 Å². The summed E-state index contributed by atoms with van der Waals surface area (Å²) in [5.74, 6) is -0.0908. The number of carbonyl (C=O) groups is 2. The highest BCUT2D eigenvalue weighted by Crippen LogP contribution is 2.42. The fraction of sp³-hybridized carbons (Fsp3) is 0.182. The van der Waals surface area contributed by atoms with E-state index in [2.05, 4.69) is 0 Å². The summed E-state index contributed by atoms with van der Waals surface area (Å²) in [6.07, 6.45) is 0.664. The van der Waals surface area contributed by atoms with Gasteiger partial charge in [0.15, 0.2) is 0 Å². The number of ether oxygens (including phenoxy) is 1. The van der Waals surface area contributed by atoms with Crippen molar-refractivity contribution < 1.29 is 14.3 Å². The summed E-state index contributed by atoms with van der Waals surface area (Å²) in [6, 6.07) is 16.8. The number of para-hydroxylation sites is 1. The lowest BCUT2D eigenvalue weighted by Crippen LogP contribution is -2.29. The van der Waals surface area contributed by atoms with E-state index in [9.17, 15) is 9.59 Å². The van der Waals surface area contributed by atoms with Gasteiger partial charge < -0.3 is 4.74 Å². The number of carbonyl (C=O) groups excluding carboxylic acids is 2. The maximum Gasteiger partial charge on any atom is 0.269 e. The summed E-state index contributed by atoms with van der Waals surface area (Å²) >= 11 is 0. The van der Waals surface area contributed by atoms with Crippen molar-refractivity contribution in [1.82, 2.24) is 0 Å². The van der Waals surface area contributed by atoms with Crippen LogP contribution in [0.25, 0.3) is 10.8 Å². The van der Waals surface area contributed by atoms with E-state index in [4.69, 9.17) is 4.74 Å². The van der Waals surface area contributed by atoms with Crippen LogP contribution in [0.1, 0.15) is 40.1 Å². The molecular formula is C22H19NO3. The first-order chi connectivity index (χ1) is 12.7. The van der Waals surface area contributed by atoms with E-state index in [1.54, 1.807) is 12.1 Å². The van der Waals surface area contributed by atoms with Crippen molar-refractivity contribution in [2.45, 2.75) is 20.3 Å². The summed E-state index contributed by atoms with van der Waals surface area (Å²) in [6.45, 7) is 4.31. The molecule has 3 aromatic rings. The van der Waals surface area contributed by atoms with E-state index in [0.29, 0.717) is 35.6 Å². The molecule has 3 aromatic carbocycles. The molecule has 0 radical (unpaired) electrons. The van der Waals surface area contributed by atoms with Crippen LogP contribution in [0, 0.1) is 0 Å². The average molecular weight is 345 g/mol. The molecular weight excluding hydrogens is 326 g/mol. The second-order valence-corrected chi connectivity index (χ2v) is 6.17. The smallest absolute Gasteiger partial charge is 0.269 e. The first kappa shape index (κ1) is 16.3. The van der Waals surface area contributed by atoms with Gasteiger partial charge in [-0.3, -0.25) is 9.59 Å². The Morgan fingerprint density at radius 3 is 2.08 bits per heavy atom. The Morgan fingerprint density at radius 1 is 0.808 bits per heavy atom. The van der Waals surface area contributed by atoms with Gasteiger partial charge in [0.05, 0.1) is 23.4 Å². The molecule has 1 heterocycles. The Kier molecular flexibility index (Phi) is 3.96. The first-order valence-corrected chi connectivity index (χ1v) is 8.83. The van der Waals surface area contributed by atoms with Gasteiger partial charge in [-0.15, -0.1) is 0 Å². The standard InChI is InChI=1S/C22H19NO3/c1-3-15-16-12-8-9-13-17(16)20(26-4-2)19-18(15)21(24)23(22(19)25)14-10-6-5-7-11-14/h5-13H,3-4H2,1-2H3. The summed E-state index contributed by atoms with van der Waals surface area (Å²) in [5, 5.41) is 1.84. The molecule has 0 fully saturated rings. The first-order valence-electron chi connectivity index (χ1n) is 8.83. The zero-order valence-corrected chi connectivity index (χ0v) is 14.8. The zero-order chi connectivity index (χ0) is 18.3. The number of rotatable bonds is 4. The van der Waals surface area contributed by atoms with Crippen LogP contribution in [0.2, 0.25) is 0 Å². The number of amides is 2. The van der Waals surface area contributed by atoms with Crippen LogP contribution in [0.3, 0.4) is 0 Å². The van der Waals surface area contributed by atoms with Crippen LogP contribution in [-0.2, 0) is 6.42 Å². The molecule has 130 valence electrons. The lowest BCUT2D eigenvalue weighted by atomic mass is 9.92. The molecule has 0 aromatic heterocycles. The van der Waals surface area contributed by atoms with E-state index in [1.807, 2.05) is 56.3 Å². The zero-order valence-electron chi connectivity index (χ0n) is 14.8. The molecule has 26 heavy (non-hydrogen) atoms. The highest BCUT2D eigenvalue weighted by Gasteiger charge is 2.42. The minimum Gasteiger partial charge on any atom is -0.492 e. The molecule has 0 spiro atoms. The third-order valence-corrected chi connectivity index (χ3v) is 4.77. The predicted molar refractivity (Wildman–Crippen MR) is 102 cm³/mol. The van der Waals surface area contributed by atoms with Crippen LogP contribution in [0.5, 0.6) is 5.75 Å². The lowest BCUT2D eigenvalue weighted by molar-refractivity contribution is 0.0925. The largest absolute Gasteiger partial charge is 0.492 e. The van der Waals surface area contributed by atoms with Gasteiger partial charge in [0.1, 0.15) is 5.75 Å². The van der Waals surface area contributed by atoms with Crippen molar-refractivity contribution in [2.24, 2.45) is 0 Å². The molecule has 1 aliphatic rings. The van der Waals surface area contributed by atoms with Gasteiger partial charge >= 0.3 is 0 Å². The molecule has 0 atom stereocenters. The molecule has 2 amide bonds. The normalized spacial score (nSPS) is 13.4. The van der Waals surface area contributed by atoms with Gasteiger partial charge in [-0.2, -0.15) is 0 Å². The fourth-order valence-corrected chi connectivity index (χ4v) is 3.71. The van der Waals surface area contributed by atoms with Crippen LogP contribution >= 0.6 is 0 Å². The van der Waals surface area contributed by atoms with Gasteiger partial charge in [-0.1, -0.05) is 49.4 Å². The van der Waals surface area contributed by atoms with Crippen LogP contribution in [0.4, 0.5) is 5.69 Å². The van der Waals surface area contributed by atoms with Gasteiger partial charge in [-0.25, -0.2) is 4.90 Å². The van der Waals surface area contributed by atoms with E-state index < -0.39 is 0 Å². The van der Waals surface area contributed by atoms with Gasteiger partial charge in [0.25, 0.3) is 11.8 Å². The van der Waals surface area contributed by atoms with Crippen LogP contribution < -0.4 is 9.64 Å². The summed E-state index contributed by atoms with van der Waals surface area (Å²) in [7, 11) is 0. The van der Waals surface area contributed by atoms with Gasteiger partial charge in [0, 0.05) is 5.39 Å². The van der Waals surface area contributed by atoms with Crippen molar-refractivity contribution in [3.05, 3.63) is 71.3 Å². The third kappa shape index (κ3) is 2.22. The summed E-state index contributed by atoms with van der Waals surface area (Å²) in [5.41, 5.74) is 2.34. The van der Waals surface area contributed by atoms with Gasteiger partial charge in [0.2, 0.25) is 0 Å². The number of aryl methyl sites for hydroxylation is 1. The Bertz CT molecular complexity index is 1020. The lowest BCUT2D eigenvalue weighted by Gasteiger charge is -2.15. The van der Waals surface area contributed by atoms with Crippen molar-refractivity contribution in [1.29, 1.82) is 0 Å². The number of nitrogens with zero attached hydrogens (tertiary/aromatic N) is 1. The second-order valence-electron chi connectivity index (χ2n) is 6.17. The molecule has 0 saturated carbocycles. The van der Waals surface area contributed by atoms with Crippen LogP contribution in [-0.4, -0.2) is 18.4 Å². The van der Waals surface area contributed by atoms with Crippen LogP contribution in [0.15, 0.2) is 54.6 Å². The van der Waals surface area contributed by atoms with Crippen molar-refractivity contribution >= 4 is 28.3 Å². The molecule has 4 rings (SSSR count).